The van der Waals surface area contributed by atoms with E-state index in [-0.39, 0.29) is 17.1 Å². The van der Waals surface area contributed by atoms with Gasteiger partial charge in [0.05, 0.1) is 11.2 Å². The molecule has 5 heteroatoms. The van der Waals surface area contributed by atoms with Crippen LogP contribution in [0.2, 0.25) is 0 Å². The molecule has 2 aromatic rings. The van der Waals surface area contributed by atoms with Crippen LogP contribution >= 0.6 is 0 Å². The number of amides is 1. The van der Waals surface area contributed by atoms with E-state index in [1.165, 1.54) is 6.07 Å². The molecule has 2 heterocycles. The number of rotatable bonds is 4. The maximum atomic E-state index is 13.7. The van der Waals surface area contributed by atoms with E-state index in [9.17, 15) is 9.18 Å². The number of allylic oxidation sites excluding steroid dienone is 1. The molecular weight excluding hydrogens is 341 g/mol. The second-order valence-electron chi connectivity index (χ2n) is 7.44. The Morgan fingerprint density at radius 1 is 1.37 bits per heavy atom. The fourth-order valence-corrected chi connectivity index (χ4v) is 3.65. The molecule has 0 unspecified atom stereocenters. The van der Waals surface area contributed by atoms with E-state index < -0.39 is 0 Å². The lowest BCUT2D eigenvalue weighted by atomic mass is 9.77. The maximum Gasteiger partial charge on any atom is 0.225 e. The topological polar surface area (TPSA) is 45.2 Å². The van der Waals surface area contributed by atoms with Crippen LogP contribution in [0.3, 0.4) is 0 Å². The first-order valence-electron chi connectivity index (χ1n) is 9.11. The number of fused-ring (bicyclic) bond motifs is 1. The van der Waals surface area contributed by atoms with Crippen molar-refractivity contribution >= 4 is 22.5 Å². The van der Waals surface area contributed by atoms with Crippen LogP contribution in [0.25, 0.3) is 10.9 Å². The van der Waals surface area contributed by atoms with Crippen LogP contribution < -0.4 is 10.2 Å². The first-order chi connectivity index (χ1) is 12.9. The summed E-state index contributed by atoms with van der Waals surface area (Å²) in [5.74, 6) is -0.269. The smallest absolute Gasteiger partial charge is 0.225 e. The summed E-state index contributed by atoms with van der Waals surface area (Å²) >= 11 is 0. The number of benzene rings is 1. The fraction of sp³-hybridized carbons (Fsp3) is 0.364. The van der Waals surface area contributed by atoms with Crippen LogP contribution in [0.4, 0.5) is 10.1 Å². The summed E-state index contributed by atoms with van der Waals surface area (Å²) in [6.45, 7) is 9.02. The van der Waals surface area contributed by atoms with Gasteiger partial charge in [-0.3, -0.25) is 9.78 Å². The molecular formula is C22H24FN3O. The van der Waals surface area contributed by atoms with Gasteiger partial charge in [-0.1, -0.05) is 12.7 Å². The van der Waals surface area contributed by atoms with Crippen molar-refractivity contribution in [1.82, 2.24) is 10.3 Å². The van der Waals surface area contributed by atoms with Crippen molar-refractivity contribution < 1.29 is 9.18 Å². The summed E-state index contributed by atoms with van der Waals surface area (Å²) in [5.41, 5.74) is 7.65. The molecule has 27 heavy (non-hydrogen) atoms. The van der Waals surface area contributed by atoms with Crippen LogP contribution in [0.1, 0.15) is 33.1 Å². The van der Waals surface area contributed by atoms with Crippen molar-refractivity contribution in [2.24, 2.45) is 5.41 Å². The third-order valence-electron chi connectivity index (χ3n) is 5.18. The standard InChI is InChI=1S/C22H24FN3O/c1-4-5-16(2)25-21(27)15-22(3)9-12-26(13-10-22)20-8-11-24-19-7-6-17(23)14-18(19)20/h6-8,11,14H,1,9-10,12-13,15H2,2-3H3,(H,25,27). The highest BCUT2D eigenvalue weighted by Gasteiger charge is 2.32. The Bertz CT molecular complexity index is 947. The van der Waals surface area contributed by atoms with Gasteiger partial charge in [-0.25, -0.2) is 4.39 Å². The van der Waals surface area contributed by atoms with E-state index in [2.05, 4.69) is 40.2 Å². The molecule has 0 atom stereocenters. The molecule has 0 radical (unpaired) electrons. The summed E-state index contributed by atoms with van der Waals surface area (Å²) in [4.78, 5) is 18.9. The van der Waals surface area contributed by atoms with Gasteiger partial charge in [0.2, 0.25) is 5.91 Å². The van der Waals surface area contributed by atoms with E-state index in [1.807, 2.05) is 6.07 Å². The number of carbonyl (C=O) groups is 1. The largest absolute Gasteiger partial charge is 0.371 e. The van der Waals surface area contributed by atoms with Gasteiger partial charge in [-0.05, 0) is 61.8 Å². The lowest BCUT2D eigenvalue weighted by Crippen LogP contribution is -2.41. The van der Waals surface area contributed by atoms with Gasteiger partial charge in [-0.15, -0.1) is 0 Å². The number of piperidine rings is 1. The maximum absolute atomic E-state index is 13.7. The Kier molecular flexibility index (Phi) is 5.46. The molecule has 1 aromatic carbocycles. The van der Waals surface area contributed by atoms with Crippen LogP contribution in [-0.4, -0.2) is 24.0 Å². The van der Waals surface area contributed by atoms with Crippen molar-refractivity contribution in [3.8, 4) is 0 Å². The summed E-state index contributed by atoms with van der Waals surface area (Å²) in [6, 6.07) is 6.62. The number of aromatic nitrogens is 1. The summed E-state index contributed by atoms with van der Waals surface area (Å²) in [7, 11) is 0. The first-order valence-corrected chi connectivity index (χ1v) is 9.11. The molecule has 0 saturated carbocycles. The monoisotopic (exact) mass is 365 g/mol. The van der Waals surface area contributed by atoms with E-state index in [1.54, 1.807) is 25.3 Å². The zero-order chi connectivity index (χ0) is 19.4. The molecule has 1 saturated heterocycles. The lowest BCUT2D eigenvalue weighted by Gasteiger charge is -2.40. The van der Waals surface area contributed by atoms with Crippen molar-refractivity contribution in [1.29, 1.82) is 0 Å². The molecule has 0 bridgehead atoms. The summed E-state index contributed by atoms with van der Waals surface area (Å²) < 4.78 is 13.7. The van der Waals surface area contributed by atoms with E-state index in [0.29, 0.717) is 12.1 Å². The van der Waals surface area contributed by atoms with Gasteiger partial charge in [-0.2, -0.15) is 0 Å². The molecule has 1 aliphatic heterocycles. The average molecular weight is 365 g/mol. The first kappa shape index (κ1) is 18.9. The predicted molar refractivity (Wildman–Crippen MR) is 106 cm³/mol. The molecule has 1 aromatic heterocycles. The Hall–Kier alpha value is -2.87. The van der Waals surface area contributed by atoms with Gasteiger partial charge in [0, 0.05) is 36.8 Å². The third-order valence-corrected chi connectivity index (χ3v) is 5.18. The van der Waals surface area contributed by atoms with Crippen molar-refractivity contribution in [2.75, 3.05) is 18.0 Å². The van der Waals surface area contributed by atoms with Crippen LogP contribution in [0.5, 0.6) is 0 Å². The van der Waals surface area contributed by atoms with Gasteiger partial charge < -0.3 is 10.2 Å². The minimum absolute atomic E-state index is 0.0115. The minimum Gasteiger partial charge on any atom is -0.371 e. The van der Waals surface area contributed by atoms with E-state index in [0.717, 1.165) is 42.5 Å². The Balaban J connectivity index is 1.70. The number of carbonyl (C=O) groups excluding carboxylic acids is 1. The fourth-order valence-electron chi connectivity index (χ4n) is 3.65. The second kappa shape index (κ2) is 7.79. The SMILES string of the molecule is C=C=C=C(C)NC(=O)CC1(C)CCN(c2ccnc3ccc(F)cc23)CC1. The van der Waals surface area contributed by atoms with Crippen molar-refractivity contribution in [3.63, 3.8) is 0 Å². The zero-order valence-electron chi connectivity index (χ0n) is 15.8. The van der Waals surface area contributed by atoms with Crippen LogP contribution in [-0.2, 0) is 4.79 Å². The quantitative estimate of drug-likeness (QED) is 0.820. The van der Waals surface area contributed by atoms with Crippen molar-refractivity contribution in [3.05, 3.63) is 60.0 Å². The highest BCUT2D eigenvalue weighted by Crippen LogP contribution is 2.37. The number of hydrogen-bond donors (Lipinski definition) is 1. The van der Waals surface area contributed by atoms with Gasteiger partial charge in [0.1, 0.15) is 5.82 Å². The van der Waals surface area contributed by atoms with E-state index in [4.69, 9.17) is 0 Å². The van der Waals surface area contributed by atoms with Gasteiger partial charge >= 0.3 is 0 Å². The number of nitrogens with one attached hydrogen (secondary N) is 1. The molecule has 140 valence electrons. The third kappa shape index (κ3) is 4.46. The molecule has 1 aliphatic rings. The van der Waals surface area contributed by atoms with Crippen LogP contribution in [0.15, 0.2) is 54.2 Å². The minimum atomic E-state index is -0.257. The Morgan fingerprint density at radius 3 is 2.81 bits per heavy atom. The number of hydrogen-bond acceptors (Lipinski definition) is 3. The molecule has 4 nitrogen and oxygen atoms in total. The zero-order valence-corrected chi connectivity index (χ0v) is 15.8. The lowest BCUT2D eigenvalue weighted by molar-refractivity contribution is -0.122. The predicted octanol–water partition coefficient (Wildman–Crippen LogP) is 4.33. The molecule has 1 N–H and O–H groups in total. The molecule has 0 aliphatic carbocycles. The Morgan fingerprint density at radius 2 is 2.11 bits per heavy atom. The van der Waals surface area contributed by atoms with E-state index >= 15 is 0 Å². The second-order valence-corrected chi connectivity index (χ2v) is 7.44. The highest BCUT2D eigenvalue weighted by atomic mass is 19.1. The molecule has 0 spiro atoms. The normalized spacial score (nSPS) is 15.7. The Labute approximate surface area is 159 Å². The number of nitrogens with zero attached hydrogens (tertiary/aromatic N) is 2. The van der Waals surface area contributed by atoms with Crippen LogP contribution in [0, 0.1) is 11.2 Å². The number of pyridine rings is 1. The molecule has 1 amide bonds. The average Bonchev–Trinajstić information content (AvgIpc) is 2.61. The van der Waals surface area contributed by atoms with Gasteiger partial charge in [0.25, 0.3) is 0 Å². The number of anilines is 1. The highest BCUT2D eigenvalue weighted by molar-refractivity contribution is 5.91. The van der Waals surface area contributed by atoms with Gasteiger partial charge in [0.15, 0.2) is 0 Å². The number of halogens is 1. The molecule has 3 rings (SSSR count). The molecule has 1 fully saturated rings. The summed E-state index contributed by atoms with van der Waals surface area (Å²) in [5, 5.41) is 3.66. The summed E-state index contributed by atoms with van der Waals surface area (Å²) in [6.07, 6.45) is 4.00. The van der Waals surface area contributed by atoms with Crippen molar-refractivity contribution in [2.45, 2.75) is 33.1 Å².